The van der Waals surface area contributed by atoms with Gasteiger partial charge in [-0.05, 0) is 43.5 Å². The molecule has 4 heteroatoms. The number of hydrogen-bond donors (Lipinski definition) is 1. The summed E-state index contributed by atoms with van der Waals surface area (Å²) >= 11 is 4.31. The molecule has 0 amide bonds. The predicted molar refractivity (Wildman–Crippen MR) is 74.5 cm³/mol. The summed E-state index contributed by atoms with van der Waals surface area (Å²) in [5.74, 6) is 0.673. The molecule has 0 N–H and O–H groups in total. The molecule has 100 valence electrons. The molecule has 0 saturated carbocycles. The average molecular weight is 268 g/mol. The van der Waals surface area contributed by atoms with Crippen molar-refractivity contribution in [2.75, 3.05) is 6.61 Å². The van der Waals surface area contributed by atoms with Gasteiger partial charge in [-0.15, -0.1) is 12.6 Å². The number of hydrogen-bond acceptors (Lipinski definition) is 4. The van der Waals surface area contributed by atoms with Crippen molar-refractivity contribution in [1.29, 1.82) is 0 Å². The van der Waals surface area contributed by atoms with E-state index in [0.717, 1.165) is 10.5 Å². The Labute approximate surface area is 114 Å². The van der Waals surface area contributed by atoms with Gasteiger partial charge < -0.3 is 9.47 Å². The van der Waals surface area contributed by atoms with E-state index in [2.05, 4.69) is 26.5 Å². The van der Waals surface area contributed by atoms with Crippen LogP contribution in [0.4, 0.5) is 0 Å². The van der Waals surface area contributed by atoms with E-state index in [-0.39, 0.29) is 5.97 Å². The fourth-order valence-corrected chi connectivity index (χ4v) is 1.81. The molecule has 0 aliphatic rings. The highest BCUT2D eigenvalue weighted by atomic mass is 32.1. The topological polar surface area (TPSA) is 35.5 Å². The lowest BCUT2D eigenvalue weighted by molar-refractivity contribution is -0.150. The minimum Gasteiger partial charge on any atom is -0.479 e. The molecule has 1 atom stereocenters. The van der Waals surface area contributed by atoms with Crippen LogP contribution in [-0.4, -0.2) is 18.7 Å². The van der Waals surface area contributed by atoms with Crippen molar-refractivity contribution in [2.45, 2.75) is 44.6 Å². The van der Waals surface area contributed by atoms with Gasteiger partial charge in [0.15, 0.2) is 6.10 Å². The Kier molecular flexibility index (Phi) is 5.54. The van der Waals surface area contributed by atoms with Crippen LogP contribution >= 0.6 is 12.6 Å². The predicted octanol–water partition coefficient (Wildman–Crippen LogP) is 3.43. The molecule has 0 aromatic heterocycles. The number of benzene rings is 1. The standard InChI is InChI=1S/C14H20O3S/c1-5-16-14(15)10(4)17-13-7-6-11(18)8-12(13)9(2)3/h6-10,18H,5H2,1-4H3. The zero-order chi connectivity index (χ0) is 13.7. The fraction of sp³-hybridized carbons (Fsp3) is 0.500. The van der Waals surface area contributed by atoms with E-state index in [0.29, 0.717) is 18.3 Å². The van der Waals surface area contributed by atoms with E-state index < -0.39 is 6.10 Å². The third-order valence-corrected chi connectivity index (χ3v) is 2.82. The van der Waals surface area contributed by atoms with Crippen LogP contribution in [0, 0.1) is 0 Å². The van der Waals surface area contributed by atoms with Crippen LogP contribution in [0.25, 0.3) is 0 Å². The Morgan fingerprint density at radius 2 is 2.00 bits per heavy atom. The Hall–Kier alpha value is -1.16. The van der Waals surface area contributed by atoms with Gasteiger partial charge in [-0.1, -0.05) is 13.8 Å². The van der Waals surface area contributed by atoms with E-state index in [4.69, 9.17) is 9.47 Å². The number of carbonyl (C=O) groups is 1. The molecule has 18 heavy (non-hydrogen) atoms. The normalized spacial score (nSPS) is 12.3. The molecule has 1 aromatic carbocycles. The van der Waals surface area contributed by atoms with Gasteiger partial charge in [0, 0.05) is 4.90 Å². The van der Waals surface area contributed by atoms with Crippen LogP contribution in [0.3, 0.4) is 0 Å². The Morgan fingerprint density at radius 3 is 2.56 bits per heavy atom. The average Bonchev–Trinajstić information content (AvgIpc) is 2.31. The molecule has 0 saturated heterocycles. The third-order valence-electron chi connectivity index (χ3n) is 2.54. The van der Waals surface area contributed by atoms with E-state index in [1.54, 1.807) is 13.8 Å². The summed E-state index contributed by atoms with van der Waals surface area (Å²) in [4.78, 5) is 12.4. The van der Waals surface area contributed by atoms with Crippen molar-refractivity contribution in [1.82, 2.24) is 0 Å². The number of ether oxygens (including phenoxy) is 2. The minimum atomic E-state index is -0.604. The lowest BCUT2D eigenvalue weighted by Crippen LogP contribution is -2.26. The van der Waals surface area contributed by atoms with E-state index >= 15 is 0 Å². The molecule has 3 nitrogen and oxygen atoms in total. The molecule has 0 bridgehead atoms. The second-order valence-corrected chi connectivity index (χ2v) is 4.91. The summed E-state index contributed by atoms with van der Waals surface area (Å²) in [5.41, 5.74) is 1.04. The maximum Gasteiger partial charge on any atom is 0.347 e. The third kappa shape index (κ3) is 3.95. The second-order valence-electron chi connectivity index (χ2n) is 4.39. The monoisotopic (exact) mass is 268 g/mol. The summed E-state index contributed by atoms with van der Waals surface area (Å²) in [6, 6.07) is 5.65. The molecular weight excluding hydrogens is 248 g/mol. The maximum absolute atomic E-state index is 11.5. The summed E-state index contributed by atoms with van der Waals surface area (Å²) in [6.45, 7) is 7.98. The fourth-order valence-electron chi connectivity index (χ4n) is 1.59. The first-order valence-corrected chi connectivity index (χ1v) is 6.56. The SMILES string of the molecule is CCOC(=O)C(C)Oc1ccc(S)cc1C(C)C. The lowest BCUT2D eigenvalue weighted by Gasteiger charge is -2.18. The van der Waals surface area contributed by atoms with Crippen molar-refractivity contribution in [3.8, 4) is 5.75 Å². The van der Waals surface area contributed by atoms with E-state index in [9.17, 15) is 4.79 Å². The lowest BCUT2D eigenvalue weighted by atomic mass is 10.0. The van der Waals surface area contributed by atoms with Crippen LogP contribution in [0.5, 0.6) is 5.75 Å². The van der Waals surface area contributed by atoms with Crippen LogP contribution in [0.1, 0.15) is 39.2 Å². The van der Waals surface area contributed by atoms with Crippen molar-refractivity contribution in [3.63, 3.8) is 0 Å². The van der Waals surface area contributed by atoms with E-state index in [1.807, 2.05) is 18.2 Å². The molecule has 0 radical (unpaired) electrons. The molecule has 0 fully saturated rings. The van der Waals surface area contributed by atoms with Crippen LogP contribution in [-0.2, 0) is 9.53 Å². The zero-order valence-electron chi connectivity index (χ0n) is 11.3. The molecule has 0 heterocycles. The van der Waals surface area contributed by atoms with Crippen LogP contribution in [0.2, 0.25) is 0 Å². The Morgan fingerprint density at radius 1 is 1.33 bits per heavy atom. The smallest absolute Gasteiger partial charge is 0.347 e. The highest BCUT2D eigenvalue weighted by Gasteiger charge is 2.18. The highest BCUT2D eigenvalue weighted by Crippen LogP contribution is 2.29. The van der Waals surface area contributed by atoms with Gasteiger partial charge >= 0.3 is 5.97 Å². The van der Waals surface area contributed by atoms with Crippen LogP contribution < -0.4 is 4.74 Å². The quantitative estimate of drug-likeness (QED) is 0.656. The maximum atomic E-state index is 11.5. The molecular formula is C14H20O3S. The van der Waals surface area contributed by atoms with Crippen molar-refractivity contribution < 1.29 is 14.3 Å². The Bertz CT molecular complexity index is 416. The molecule has 0 aliphatic heterocycles. The summed E-state index contributed by atoms with van der Waals surface area (Å²) in [7, 11) is 0. The van der Waals surface area contributed by atoms with Gasteiger partial charge in [-0.2, -0.15) is 0 Å². The van der Waals surface area contributed by atoms with Crippen LogP contribution in [0.15, 0.2) is 23.1 Å². The first-order valence-electron chi connectivity index (χ1n) is 6.11. The van der Waals surface area contributed by atoms with Gasteiger partial charge in [0.2, 0.25) is 0 Å². The van der Waals surface area contributed by atoms with Crippen molar-refractivity contribution in [3.05, 3.63) is 23.8 Å². The largest absolute Gasteiger partial charge is 0.479 e. The first kappa shape index (κ1) is 14.9. The highest BCUT2D eigenvalue weighted by molar-refractivity contribution is 7.80. The second kappa shape index (κ2) is 6.69. The van der Waals surface area contributed by atoms with Crippen molar-refractivity contribution in [2.24, 2.45) is 0 Å². The first-order chi connectivity index (χ1) is 8.45. The number of rotatable bonds is 5. The van der Waals surface area contributed by atoms with Gasteiger partial charge in [-0.3, -0.25) is 0 Å². The zero-order valence-corrected chi connectivity index (χ0v) is 12.2. The van der Waals surface area contributed by atoms with Gasteiger partial charge in [0.05, 0.1) is 6.61 Å². The minimum absolute atomic E-state index is 0.307. The molecule has 1 unspecified atom stereocenters. The van der Waals surface area contributed by atoms with E-state index in [1.165, 1.54) is 0 Å². The number of thiol groups is 1. The number of esters is 1. The van der Waals surface area contributed by atoms with Crippen molar-refractivity contribution >= 4 is 18.6 Å². The van der Waals surface area contributed by atoms with Gasteiger partial charge in [-0.25, -0.2) is 4.79 Å². The Balaban J connectivity index is 2.87. The summed E-state index contributed by atoms with van der Waals surface area (Å²) in [5, 5.41) is 0. The molecule has 0 spiro atoms. The number of carbonyl (C=O) groups excluding carboxylic acids is 1. The van der Waals surface area contributed by atoms with Gasteiger partial charge in [0.1, 0.15) is 5.75 Å². The molecule has 0 aliphatic carbocycles. The molecule has 1 rings (SSSR count). The summed E-state index contributed by atoms with van der Waals surface area (Å²) in [6.07, 6.45) is -0.604. The molecule has 1 aromatic rings. The van der Waals surface area contributed by atoms with Gasteiger partial charge in [0.25, 0.3) is 0 Å². The summed E-state index contributed by atoms with van der Waals surface area (Å²) < 4.78 is 10.6.